The van der Waals surface area contributed by atoms with Crippen molar-refractivity contribution in [1.29, 1.82) is 0 Å². The second-order valence-electron chi connectivity index (χ2n) is 14.6. The number of nitrogens with zero attached hydrogens (tertiary/aromatic N) is 1. The number of ether oxygens (including phenoxy) is 2. The van der Waals surface area contributed by atoms with Crippen molar-refractivity contribution in [1.82, 2.24) is 25.8 Å². The number of H-pyrrole nitrogens is 1. The number of phenols is 1. The molecule has 12 heteroatoms. The Balaban J connectivity index is 0.843. The van der Waals surface area contributed by atoms with E-state index < -0.39 is 18.2 Å². The smallest absolute Gasteiger partial charge is 0.408 e. The molecule has 292 valence electrons. The number of rotatable bonds is 16. The molecule has 12 nitrogen and oxygen atoms in total. The fraction of sp³-hybridized carbons (Fsp3) is 0.341. The first-order valence-electron chi connectivity index (χ1n) is 19.3. The van der Waals surface area contributed by atoms with E-state index in [-0.39, 0.29) is 36.3 Å². The highest BCUT2D eigenvalue weighted by atomic mass is 16.6. The Kier molecular flexibility index (Phi) is 12.6. The molecule has 3 aliphatic heterocycles. The molecule has 4 heterocycles. The fourth-order valence-electron chi connectivity index (χ4n) is 7.63. The fourth-order valence-corrected chi connectivity index (χ4v) is 7.63. The maximum Gasteiger partial charge on any atom is 0.408 e. The number of alkyl carbamates (subject to hydrolysis) is 1. The normalized spacial score (nSPS) is 18.6. The van der Waals surface area contributed by atoms with Crippen molar-refractivity contribution in [2.45, 2.75) is 50.5 Å². The van der Waals surface area contributed by atoms with Gasteiger partial charge in [-0.1, -0.05) is 72.8 Å². The second kappa shape index (κ2) is 18.3. The van der Waals surface area contributed by atoms with Gasteiger partial charge >= 0.3 is 6.09 Å². The van der Waals surface area contributed by atoms with Gasteiger partial charge < -0.3 is 40.6 Å². The van der Waals surface area contributed by atoms with Crippen molar-refractivity contribution in [2.24, 2.45) is 5.92 Å². The molecule has 1 aromatic heterocycles. The van der Waals surface area contributed by atoms with Gasteiger partial charge in [-0.25, -0.2) is 4.79 Å². The maximum atomic E-state index is 13.2. The number of phenolic OH excluding ortho intramolecular Hbond substituents is 1. The van der Waals surface area contributed by atoms with Crippen LogP contribution in [-0.2, 0) is 22.6 Å². The summed E-state index contributed by atoms with van der Waals surface area (Å²) in [5.41, 5.74) is 4.24. The van der Waals surface area contributed by atoms with Gasteiger partial charge in [-0.15, -0.1) is 0 Å². The first kappa shape index (κ1) is 38.6. The monoisotopic (exact) mass is 759 g/mol. The van der Waals surface area contributed by atoms with Gasteiger partial charge in [0.2, 0.25) is 11.5 Å². The summed E-state index contributed by atoms with van der Waals surface area (Å²) in [6.45, 7) is 4.64. The van der Waals surface area contributed by atoms with E-state index >= 15 is 0 Å². The van der Waals surface area contributed by atoms with Crippen LogP contribution in [0.1, 0.15) is 59.2 Å². The summed E-state index contributed by atoms with van der Waals surface area (Å²) in [7, 11) is 0. The molecule has 4 aromatic carbocycles. The lowest BCUT2D eigenvalue weighted by Crippen LogP contribution is -2.52. The molecule has 2 bridgehead atoms. The third-order valence-electron chi connectivity index (χ3n) is 10.7. The number of hydrogen-bond donors (Lipinski definition) is 6. The van der Waals surface area contributed by atoms with E-state index in [4.69, 9.17) is 9.47 Å². The minimum Gasteiger partial charge on any atom is -0.506 e. The van der Waals surface area contributed by atoms with Crippen molar-refractivity contribution in [3.63, 3.8) is 0 Å². The van der Waals surface area contributed by atoms with Gasteiger partial charge in [0.05, 0.1) is 24.1 Å². The zero-order chi connectivity index (χ0) is 38.9. The van der Waals surface area contributed by atoms with Gasteiger partial charge in [0.1, 0.15) is 24.2 Å². The number of aromatic amines is 1. The van der Waals surface area contributed by atoms with Crippen LogP contribution in [0.3, 0.4) is 0 Å². The van der Waals surface area contributed by atoms with E-state index in [1.54, 1.807) is 12.1 Å². The second-order valence-corrected chi connectivity index (χ2v) is 14.6. The number of amides is 2. The first-order valence-corrected chi connectivity index (χ1v) is 19.3. The minimum absolute atomic E-state index is 0.0531. The number of hydrogen-bond acceptors (Lipinski definition) is 9. The van der Waals surface area contributed by atoms with E-state index in [2.05, 4.69) is 25.8 Å². The van der Waals surface area contributed by atoms with Crippen LogP contribution in [-0.4, -0.2) is 77.5 Å². The first-order chi connectivity index (χ1) is 27.3. The number of benzene rings is 4. The molecule has 3 atom stereocenters. The molecule has 56 heavy (non-hydrogen) atoms. The van der Waals surface area contributed by atoms with Crippen LogP contribution in [0, 0.1) is 5.92 Å². The summed E-state index contributed by atoms with van der Waals surface area (Å²) in [5, 5.41) is 30.6. The Labute approximate surface area is 325 Å². The molecule has 3 saturated heterocycles. The highest BCUT2D eigenvalue weighted by Gasteiger charge is 2.37. The molecule has 1 unspecified atom stereocenters. The molecule has 2 amide bonds. The Hall–Kier alpha value is -5.69. The number of aromatic nitrogens is 1. The number of piperidine rings is 3. The van der Waals surface area contributed by atoms with Crippen LogP contribution in [0.2, 0.25) is 0 Å². The molecule has 0 saturated carbocycles. The average Bonchev–Trinajstić information content (AvgIpc) is 3.22. The number of aromatic hydroxyl groups is 1. The lowest BCUT2D eigenvalue weighted by molar-refractivity contribution is -0.120. The number of carbonyl (C=O) groups is 2. The Morgan fingerprint density at radius 3 is 2.41 bits per heavy atom. The Morgan fingerprint density at radius 1 is 0.875 bits per heavy atom. The Bertz CT molecular complexity index is 2150. The van der Waals surface area contributed by atoms with Crippen LogP contribution in [0.15, 0.2) is 108 Å². The zero-order valence-electron chi connectivity index (χ0n) is 31.3. The minimum atomic E-state index is -0.844. The number of nitrogens with one attached hydrogen (secondary N) is 4. The maximum absolute atomic E-state index is 13.2. The van der Waals surface area contributed by atoms with E-state index in [9.17, 15) is 24.6 Å². The summed E-state index contributed by atoms with van der Waals surface area (Å²) < 4.78 is 12.1. The summed E-state index contributed by atoms with van der Waals surface area (Å²) >= 11 is 0. The summed E-state index contributed by atoms with van der Waals surface area (Å²) in [6, 6.07) is 31.0. The SMILES string of the molecule is O=C(Cc1ccc(COc2cccc(C(NC(=O)O[C@H]3CN4CCC3CC4)c3ccccc3)c2)cc1)NCCCNC[C@@H](O)c1ccc(O)c2[nH]c(=O)ccc12. The van der Waals surface area contributed by atoms with E-state index in [0.717, 1.165) is 54.7 Å². The molecule has 8 rings (SSSR count). The van der Waals surface area contributed by atoms with Gasteiger partial charge in [-0.3, -0.25) is 14.5 Å². The average molecular weight is 760 g/mol. The molecule has 0 spiro atoms. The molecule has 5 aromatic rings. The number of aliphatic hydroxyl groups excluding tert-OH is 1. The third-order valence-corrected chi connectivity index (χ3v) is 10.7. The topological polar surface area (TPSA) is 165 Å². The van der Waals surface area contributed by atoms with E-state index in [1.165, 1.54) is 12.1 Å². The molecular weight excluding hydrogens is 711 g/mol. The van der Waals surface area contributed by atoms with Crippen molar-refractivity contribution in [3.05, 3.63) is 141 Å². The van der Waals surface area contributed by atoms with E-state index in [0.29, 0.717) is 54.3 Å². The number of fused-ring (bicyclic) bond motifs is 4. The summed E-state index contributed by atoms with van der Waals surface area (Å²) in [5.74, 6) is 0.969. The van der Waals surface area contributed by atoms with Crippen LogP contribution in [0.25, 0.3) is 10.9 Å². The van der Waals surface area contributed by atoms with Crippen molar-refractivity contribution in [2.75, 3.05) is 39.3 Å². The molecule has 3 fully saturated rings. The van der Waals surface area contributed by atoms with E-state index in [1.807, 2.05) is 78.9 Å². The molecule has 3 aliphatic rings. The quantitative estimate of drug-likeness (QED) is 0.0752. The van der Waals surface area contributed by atoms with Gasteiger partial charge in [-0.2, -0.15) is 0 Å². The van der Waals surface area contributed by atoms with Gasteiger partial charge in [0, 0.05) is 31.1 Å². The lowest BCUT2D eigenvalue weighted by Gasteiger charge is -2.43. The highest BCUT2D eigenvalue weighted by Crippen LogP contribution is 2.31. The van der Waals surface area contributed by atoms with Gasteiger partial charge in [0.25, 0.3) is 0 Å². The molecular formula is C44H49N5O7. The summed E-state index contributed by atoms with van der Waals surface area (Å²) in [6.07, 6.45) is 1.73. The molecule has 0 radical (unpaired) electrons. The number of aliphatic hydroxyl groups is 1. The number of carbonyl (C=O) groups excluding carboxylic acids is 2. The van der Waals surface area contributed by atoms with Crippen LogP contribution in [0.5, 0.6) is 11.5 Å². The van der Waals surface area contributed by atoms with Gasteiger partial charge in [-0.05, 0) is 96.9 Å². The van der Waals surface area contributed by atoms with Gasteiger partial charge in [0.15, 0.2) is 0 Å². The van der Waals surface area contributed by atoms with Crippen LogP contribution >= 0.6 is 0 Å². The Morgan fingerprint density at radius 2 is 1.64 bits per heavy atom. The molecule has 0 aliphatic carbocycles. The summed E-state index contributed by atoms with van der Waals surface area (Å²) in [4.78, 5) is 42.5. The van der Waals surface area contributed by atoms with Crippen LogP contribution in [0.4, 0.5) is 4.79 Å². The largest absolute Gasteiger partial charge is 0.506 e. The zero-order valence-corrected chi connectivity index (χ0v) is 31.3. The van der Waals surface area contributed by atoms with Crippen molar-refractivity contribution >= 4 is 22.9 Å². The highest BCUT2D eigenvalue weighted by molar-refractivity contribution is 5.87. The standard InChI is InChI=1S/C44H49N5O7/c50-37-16-14-35(36-15-17-40(52)47-43(36)37)38(51)26-45-20-5-21-46-41(53)24-29-10-12-30(13-11-29)28-55-34-9-4-8-33(25-34)42(32-6-2-1-3-7-32)48-44(54)56-39-27-49-22-18-31(39)19-23-49/h1-4,6-17,25,31,38-39,42,45,50-51H,5,18-24,26-28H2,(H,46,53)(H,47,52)(H,48,54)/t38-,39+,42?/m1/s1. The third kappa shape index (κ3) is 9.94. The van der Waals surface area contributed by atoms with Crippen LogP contribution < -0.4 is 26.2 Å². The van der Waals surface area contributed by atoms with Crippen molar-refractivity contribution < 1.29 is 29.3 Å². The predicted octanol–water partition coefficient (Wildman–Crippen LogP) is 5.09. The molecule has 6 N–H and O–H groups in total. The number of pyridine rings is 1. The van der Waals surface area contributed by atoms with Crippen molar-refractivity contribution in [3.8, 4) is 11.5 Å². The lowest BCUT2D eigenvalue weighted by atomic mass is 9.86. The predicted molar refractivity (Wildman–Crippen MR) is 213 cm³/mol.